The van der Waals surface area contributed by atoms with Crippen LogP contribution in [-0.4, -0.2) is 30.1 Å². The third-order valence-corrected chi connectivity index (χ3v) is 4.80. The average Bonchev–Trinajstić information content (AvgIpc) is 2.60. The summed E-state index contributed by atoms with van der Waals surface area (Å²) in [7, 11) is 0. The van der Waals surface area contributed by atoms with Gasteiger partial charge in [-0.3, -0.25) is 4.90 Å². The Morgan fingerprint density at radius 1 is 1.12 bits per heavy atom. The Kier molecular flexibility index (Phi) is 6.22. The normalized spacial score (nSPS) is 16.2. The van der Waals surface area contributed by atoms with Crippen LogP contribution < -0.4 is 10.1 Å². The van der Waals surface area contributed by atoms with Gasteiger partial charge in [0.1, 0.15) is 5.75 Å². The Bertz CT molecular complexity index is 667. The van der Waals surface area contributed by atoms with E-state index in [1.165, 1.54) is 5.56 Å². The van der Waals surface area contributed by atoms with E-state index in [1.807, 2.05) is 26.0 Å². The van der Waals surface area contributed by atoms with E-state index >= 15 is 0 Å². The first-order valence-corrected chi connectivity index (χ1v) is 9.47. The summed E-state index contributed by atoms with van der Waals surface area (Å²) < 4.78 is 5.69. The van der Waals surface area contributed by atoms with Crippen molar-refractivity contribution in [1.82, 2.24) is 4.90 Å². The van der Waals surface area contributed by atoms with Gasteiger partial charge in [-0.25, -0.2) is 0 Å². The molecular formula is C21H27ClN2O. The van der Waals surface area contributed by atoms with Crippen LogP contribution in [0.3, 0.4) is 0 Å². The maximum absolute atomic E-state index is 6.33. The van der Waals surface area contributed by atoms with Gasteiger partial charge in [0.15, 0.2) is 0 Å². The summed E-state index contributed by atoms with van der Waals surface area (Å²) >= 11 is 6.33. The Morgan fingerprint density at radius 3 is 2.48 bits per heavy atom. The fourth-order valence-corrected chi connectivity index (χ4v) is 3.48. The van der Waals surface area contributed by atoms with Crippen LogP contribution in [0.5, 0.6) is 5.75 Å². The fourth-order valence-electron chi connectivity index (χ4n) is 3.25. The monoisotopic (exact) mass is 358 g/mol. The Balaban J connectivity index is 1.49. The van der Waals surface area contributed by atoms with Crippen molar-refractivity contribution >= 4 is 17.3 Å². The van der Waals surface area contributed by atoms with Gasteiger partial charge in [0, 0.05) is 31.4 Å². The zero-order valence-corrected chi connectivity index (χ0v) is 15.8. The number of piperidine rings is 1. The molecule has 2 aromatic rings. The predicted octanol–water partition coefficient (Wildman–Crippen LogP) is 5.20. The largest absolute Gasteiger partial charge is 0.489 e. The summed E-state index contributed by atoms with van der Waals surface area (Å²) in [5.41, 5.74) is 2.46. The van der Waals surface area contributed by atoms with E-state index in [1.54, 1.807) is 0 Å². The minimum atomic E-state index is 0.130. The molecule has 1 heterocycles. The van der Waals surface area contributed by atoms with Crippen LogP contribution in [0, 0.1) is 0 Å². The quantitative estimate of drug-likeness (QED) is 0.767. The highest BCUT2D eigenvalue weighted by molar-refractivity contribution is 6.32. The molecule has 1 N–H and O–H groups in total. The van der Waals surface area contributed by atoms with Gasteiger partial charge in [0.2, 0.25) is 0 Å². The predicted molar refractivity (Wildman–Crippen MR) is 106 cm³/mol. The van der Waals surface area contributed by atoms with Gasteiger partial charge in [-0.15, -0.1) is 0 Å². The second kappa shape index (κ2) is 8.59. The number of hydrogen-bond acceptors (Lipinski definition) is 3. The van der Waals surface area contributed by atoms with Gasteiger partial charge in [-0.05, 0) is 50.5 Å². The molecule has 1 saturated heterocycles. The summed E-state index contributed by atoms with van der Waals surface area (Å²) in [6.45, 7) is 7.29. The van der Waals surface area contributed by atoms with Gasteiger partial charge in [-0.1, -0.05) is 41.9 Å². The number of nitrogens with zero attached hydrogens (tertiary/aromatic N) is 1. The first-order chi connectivity index (χ1) is 12.1. The first-order valence-electron chi connectivity index (χ1n) is 9.09. The van der Waals surface area contributed by atoms with Crippen molar-refractivity contribution in [1.29, 1.82) is 0 Å². The van der Waals surface area contributed by atoms with E-state index in [0.717, 1.165) is 43.9 Å². The third kappa shape index (κ3) is 5.38. The lowest BCUT2D eigenvalue weighted by Crippen LogP contribution is -2.38. The standard InChI is InChI=1S/C21H27ClN2O/c1-16(2)25-21-9-8-19(14-20(21)22)23-18-10-12-24(13-11-18)15-17-6-4-3-5-7-17/h3-9,14,16,18,23H,10-13,15H2,1-2H3. The molecule has 3 rings (SSSR count). The Morgan fingerprint density at radius 2 is 1.84 bits per heavy atom. The van der Waals surface area contributed by atoms with E-state index in [2.05, 4.69) is 46.6 Å². The number of rotatable bonds is 6. The second-order valence-corrected chi connectivity index (χ2v) is 7.40. The average molecular weight is 359 g/mol. The molecule has 0 aromatic heterocycles. The highest BCUT2D eigenvalue weighted by atomic mass is 35.5. The van der Waals surface area contributed by atoms with Crippen molar-refractivity contribution < 1.29 is 4.74 Å². The Labute approximate surface area is 155 Å². The van der Waals surface area contributed by atoms with E-state index in [0.29, 0.717) is 11.1 Å². The van der Waals surface area contributed by atoms with E-state index in [-0.39, 0.29) is 6.10 Å². The Hall–Kier alpha value is -1.71. The van der Waals surface area contributed by atoms with Crippen LogP contribution in [-0.2, 0) is 6.54 Å². The zero-order chi connectivity index (χ0) is 17.6. The van der Waals surface area contributed by atoms with Gasteiger partial charge in [-0.2, -0.15) is 0 Å². The molecule has 1 aliphatic heterocycles. The van der Waals surface area contributed by atoms with Crippen LogP contribution in [0.4, 0.5) is 5.69 Å². The van der Waals surface area contributed by atoms with Crippen molar-refractivity contribution in [2.45, 2.75) is 45.4 Å². The van der Waals surface area contributed by atoms with Crippen LogP contribution in [0.2, 0.25) is 5.02 Å². The van der Waals surface area contributed by atoms with Crippen molar-refractivity contribution in [2.75, 3.05) is 18.4 Å². The lowest BCUT2D eigenvalue weighted by molar-refractivity contribution is 0.211. The molecule has 134 valence electrons. The number of nitrogens with one attached hydrogen (secondary N) is 1. The van der Waals surface area contributed by atoms with Crippen LogP contribution in [0.1, 0.15) is 32.3 Å². The lowest BCUT2D eigenvalue weighted by Gasteiger charge is -2.33. The molecule has 0 unspecified atom stereocenters. The van der Waals surface area contributed by atoms with Crippen molar-refractivity contribution in [2.24, 2.45) is 0 Å². The molecule has 1 fully saturated rings. The molecule has 0 aliphatic carbocycles. The topological polar surface area (TPSA) is 24.5 Å². The first kappa shape index (κ1) is 18.1. The smallest absolute Gasteiger partial charge is 0.138 e. The molecule has 3 nitrogen and oxygen atoms in total. The number of anilines is 1. The van der Waals surface area contributed by atoms with Gasteiger partial charge >= 0.3 is 0 Å². The number of likely N-dealkylation sites (tertiary alicyclic amines) is 1. The van der Waals surface area contributed by atoms with Gasteiger partial charge in [0.05, 0.1) is 11.1 Å². The SMILES string of the molecule is CC(C)Oc1ccc(NC2CCN(Cc3ccccc3)CC2)cc1Cl. The van der Waals surface area contributed by atoms with E-state index in [4.69, 9.17) is 16.3 Å². The summed E-state index contributed by atoms with van der Waals surface area (Å²) in [5, 5.41) is 4.29. The van der Waals surface area contributed by atoms with Gasteiger partial charge < -0.3 is 10.1 Å². The van der Waals surface area contributed by atoms with Crippen LogP contribution in [0.25, 0.3) is 0 Å². The molecule has 0 saturated carbocycles. The molecule has 0 bridgehead atoms. The number of halogens is 1. The van der Waals surface area contributed by atoms with Crippen molar-refractivity contribution in [3.8, 4) is 5.75 Å². The molecule has 0 atom stereocenters. The fraction of sp³-hybridized carbons (Fsp3) is 0.429. The van der Waals surface area contributed by atoms with Crippen molar-refractivity contribution in [3.63, 3.8) is 0 Å². The van der Waals surface area contributed by atoms with Gasteiger partial charge in [0.25, 0.3) is 0 Å². The molecule has 0 radical (unpaired) electrons. The molecular weight excluding hydrogens is 332 g/mol. The summed E-state index contributed by atoms with van der Waals surface area (Å²) in [5.74, 6) is 0.750. The third-order valence-electron chi connectivity index (χ3n) is 4.50. The molecule has 4 heteroatoms. The molecule has 1 aliphatic rings. The van der Waals surface area contributed by atoms with E-state index < -0.39 is 0 Å². The van der Waals surface area contributed by atoms with Crippen molar-refractivity contribution in [3.05, 3.63) is 59.1 Å². The highest BCUT2D eigenvalue weighted by Crippen LogP contribution is 2.29. The highest BCUT2D eigenvalue weighted by Gasteiger charge is 2.19. The molecule has 2 aromatic carbocycles. The summed E-state index contributed by atoms with van der Waals surface area (Å²) in [4.78, 5) is 2.53. The maximum Gasteiger partial charge on any atom is 0.138 e. The maximum atomic E-state index is 6.33. The van der Waals surface area contributed by atoms with E-state index in [9.17, 15) is 0 Å². The molecule has 0 amide bonds. The summed E-state index contributed by atoms with van der Waals surface area (Å²) in [6.07, 6.45) is 2.42. The number of hydrogen-bond donors (Lipinski definition) is 1. The van der Waals surface area contributed by atoms with Crippen LogP contribution in [0.15, 0.2) is 48.5 Å². The second-order valence-electron chi connectivity index (χ2n) is 6.99. The zero-order valence-electron chi connectivity index (χ0n) is 15.0. The molecule has 25 heavy (non-hydrogen) atoms. The summed E-state index contributed by atoms with van der Waals surface area (Å²) in [6, 6.07) is 17.2. The van der Waals surface area contributed by atoms with Crippen LogP contribution >= 0.6 is 11.6 Å². The number of benzene rings is 2. The minimum Gasteiger partial charge on any atom is -0.489 e. The minimum absolute atomic E-state index is 0.130. The number of ether oxygens (including phenoxy) is 1. The molecule has 0 spiro atoms. The lowest BCUT2D eigenvalue weighted by atomic mass is 10.0.